The highest BCUT2D eigenvalue weighted by Gasteiger charge is 2.53. The molecule has 0 aliphatic heterocycles. The zero-order chi connectivity index (χ0) is 28.9. The average molecular weight is 597 g/mol. The number of alkyl halides is 2. The van der Waals surface area contributed by atoms with Crippen LogP contribution in [0.3, 0.4) is 0 Å². The fraction of sp³-hybridized carbons (Fsp3) is 0.625. The molecule has 7 nitrogen and oxygen atoms in total. The van der Waals surface area contributed by atoms with Gasteiger partial charge in [0.1, 0.15) is 5.01 Å². The molecule has 3 aromatic rings. The Labute approximate surface area is 249 Å². The van der Waals surface area contributed by atoms with E-state index in [9.17, 15) is 13.6 Å². The van der Waals surface area contributed by atoms with Crippen molar-refractivity contribution in [3.63, 3.8) is 0 Å². The van der Waals surface area contributed by atoms with E-state index in [0.717, 1.165) is 85.0 Å². The summed E-state index contributed by atoms with van der Waals surface area (Å²) in [6, 6.07) is 8.05. The van der Waals surface area contributed by atoms with Crippen LogP contribution in [0.1, 0.15) is 93.3 Å². The van der Waals surface area contributed by atoms with Gasteiger partial charge in [0, 0.05) is 54.0 Å². The number of halogens is 2. The van der Waals surface area contributed by atoms with E-state index in [1.807, 2.05) is 28.5 Å². The first-order chi connectivity index (χ1) is 20.4. The second-order valence-corrected chi connectivity index (χ2v) is 14.2. The molecule has 5 aliphatic rings. The number of nitrogens with zero attached hydrogens (tertiary/aromatic N) is 4. The molecule has 0 radical (unpaired) electrons. The van der Waals surface area contributed by atoms with Gasteiger partial charge in [0.15, 0.2) is 5.82 Å². The largest absolute Gasteiger partial charge is 0.378 e. The van der Waals surface area contributed by atoms with Crippen molar-refractivity contribution in [2.45, 2.75) is 95.0 Å². The summed E-state index contributed by atoms with van der Waals surface area (Å²) in [6.07, 6.45) is 7.15. The van der Waals surface area contributed by atoms with E-state index in [-0.39, 0.29) is 22.7 Å². The molecule has 5 fully saturated rings. The number of amides is 1. The Kier molecular flexibility index (Phi) is 7.41. The van der Waals surface area contributed by atoms with E-state index >= 15 is 0 Å². The molecule has 5 saturated carbocycles. The van der Waals surface area contributed by atoms with Crippen molar-refractivity contribution >= 4 is 22.9 Å². The molecule has 10 heteroatoms. The van der Waals surface area contributed by atoms with Crippen molar-refractivity contribution in [1.29, 1.82) is 0 Å². The Hall–Kier alpha value is -2.72. The minimum Gasteiger partial charge on any atom is -0.378 e. The van der Waals surface area contributed by atoms with E-state index in [2.05, 4.69) is 11.2 Å². The van der Waals surface area contributed by atoms with E-state index in [4.69, 9.17) is 19.2 Å². The molecule has 5 aliphatic carbocycles. The van der Waals surface area contributed by atoms with E-state index in [1.165, 1.54) is 0 Å². The van der Waals surface area contributed by atoms with Crippen LogP contribution >= 0.6 is 11.3 Å². The van der Waals surface area contributed by atoms with Crippen LogP contribution in [-0.2, 0) is 21.6 Å². The van der Waals surface area contributed by atoms with Crippen LogP contribution in [0.4, 0.5) is 14.5 Å². The van der Waals surface area contributed by atoms with Crippen molar-refractivity contribution in [3.05, 3.63) is 46.4 Å². The van der Waals surface area contributed by atoms with Crippen LogP contribution in [-0.4, -0.2) is 41.1 Å². The third kappa shape index (κ3) is 5.41. The highest BCUT2D eigenvalue weighted by Crippen LogP contribution is 2.58. The molecule has 2 aromatic heterocycles. The normalized spacial score (nSPS) is 28.7. The summed E-state index contributed by atoms with van der Waals surface area (Å²) in [5.41, 5.74) is 2.65. The number of thiazole rings is 1. The lowest BCUT2D eigenvalue weighted by Gasteiger charge is -2.53. The molecule has 224 valence electrons. The van der Waals surface area contributed by atoms with E-state index in [0.29, 0.717) is 38.3 Å². The Bertz CT molecular complexity index is 1410. The maximum Gasteiger partial charge on any atom is 0.241 e. The summed E-state index contributed by atoms with van der Waals surface area (Å²) in [4.78, 5) is 25.4. The van der Waals surface area contributed by atoms with Gasteiger partial charge < -0.3 is 14.2 Å². The molecule has 42 heavy (non-hydrogen) atoms. The number of carbonyl (C=O) groups is 1. The molecule has 2 heterocycles. The Morgan fingerprint density at radius 2 is 1.90 bits per heavy atom. The number of hydrogen-bond acceptors (Lipinski definition) is 7. The predicted octanol–water partition coefficient (Wildman–Crippen LogP) is 7.52. The van der Waals surface area contributed by atoms with Gasteiger partial charge in [0.2, 0.25) is 18.2 Å². The maximum atomic E-state index is 13.9. The van der Waals surface area contributed by atoms with Crippen LogP contribution in [0.2, 0.25) is 0 Å². The van der Waals surface area contributed by atoms with Gasteiger partial charge in [0.05, 0.1) is 12.3 Å². The molecule has 1 aromatic carbocycles. The first-order valence-electron chi connectivity index (χ1n) is 15.3. The number of methoxy groups -OCH3 is 1. The standard InChI is InChI=1S/C32H38F2N4O3S/c1-40-17-26-35-25(18-42-26)22-3-2-4-24(16-22)38(27(39)15-20-13-23(14-20)28(33)34)19-31-7-10-32(11-8-31,12-9-31)30-36-29(37-41-30)21-5-6-21/h2-4,16,18,20-21,23,28H,5-15,17,19H2,1H3. The summed E-state index contributed by atoms with van der Waals surface area (Å²) < 4.78 is 37.4. The zero-order valence-electron chi connectivity index (χ0n) is 24.1. The smallest absolute Gasteiger partial charge is 0.241 e. The lowest BCUT2D eigenvalue weighted by molar-refractivity contribution is -0.122. The Morgan fingerprint density at radius 1 is 1.14 bits per heavy atom. The lowest BCUT2D eigenvalue weighted by atomic mass is 9.53. The number of aromatic nitrogens is 3. The molecule has 2 bridgehead atoms. The summed E-state index contributed by atoms with van der Waals surface area (Å²) in [7, 11) is 1.66. The summed E-state index contributed by atoms with van der Waals surface area (Å²) in [5, 5.41) is 7.22. The van der Waals surface area contributed by atoms with E-state index < -0.39 is 12.3 Å². The summed E-state index contributed by atoms with van der Waals surface area (Å²) in [5.74, 6) is 1.65. The molecule has 1 amide bonds. The van der Waals surface area contributed by atoms with Gasteiger partial charge in [-0.25, -0.2) is 13.8 Å². The minimum absolute atomic E-state index is 0.0180. The second kappa shape index (κ2) is 11.1. The lowest BCUT2D eigenvalue weighted by Crippen LogP contribution is -2.51. The first-order valence-corrected chi connectivity index (χ1v) is 16.2. The molecule has 8 rings (SSSR count). The minimum atomic E-state index is -2.30. The van der Waals surface area contributed by atoms with Crippen molar-refractivity contribution in [2.75, 3.05) is 18.6 Å². The summed E-state index contributed by atoms with van der Waals surface area (Å²) >= 11 is 1.56. The first kappa shape index (κ1) is 28.1. The number of benzene rings is 1. The maximum absolute atomic E-state index is 13.9. The quantitative estimate of drug-likeness (QED) is 0.228. The van der Waals surface area contributed by atoms with Gasteiger partial charge in [-0.05, 0) is 87.7 Å². The monoisotopic (exact) mass is 596 g/mol. The highest BCUT2D eigenvalue weighted by atomic mass is 32.1. The van der Waals surface area contributed by atoms with Crippen molar-refractivity contribution in [3.8, 4) is 11.3 Å². The number of rotatable bonds is 11. The molecule has 0 spiro atoms. The molecule has 0 unspecified atom stereocenters. The van der Waals surface area contributed by atoms with Gasteiger partial charge in [-0.1, -0.05) is 17.3 Å². The summed E-state index contributed by atoms with van der Waals surface area (Å²) in [6.45, 7) is 1.10. The van der Waals surface area contributed by atoms with Crippen molar-refractivity contribution < 1.29 is 22.8 Å². The number of hydrogen-bond donors (Lipinski definition) is 0. The molecule has 0 saturated heterocycles. The van der Waals surface area contributed by atoms with Gasteiger partial charge >= 0.3 is 0 Å². The Balaban J connectivity index is 1.11. The number of carbonyl (C=O) groups excluding carboxylic acids is 1. The zero-order valence-corrected chi connectivity index (χ0v) is 24.9. The second-order valence-electron chi connectivity index (χ2n) is 13.2. The van der Waals surface area contributed by atoms with Gasteiger partial charge in [-0.15, -0.1) is 11.3 Å². The van der Waals surface area contributed by atoms with Crippen molar-refractivity contribution in [1.82, 2.24) is 15.1 Å². The third-order valence-electron chi connectivity index (χ3n) is 10.4. The Morgan fingerprint density at radius 3 is 2.60 bits per heavy atom. The number of ether oxygens (including phenoxy) is 1. The molecular formula is C32H38F2N4O3S. The average Bonchev–Trinajstić information content (AvgIpc) is 3.51. The van der Waals surface area contributed by atoms with Crippen LogP contribution in [0.5, 0.6) is 0 Å². The fourth-order valence-corrected chi connectivity index (χ4v) is 8.19. The molecular weight excluding hydrogens is 558 g/mol. The number of fused-ring (bicyclic) bond motifs is 3. The molecule has 0 N–H and O–H groups in total. The fourth-order valence-electron chi connectivity index (χ4n) is 7.42. The van der Waals surface area contributed by atoms with Gasteiger partial charge in [-0.2, -0.15) is 4.98 Å². The topological polar surface area (TPSA) is 81.3 Å². The van der Waals surface area contributed by atoms with Crippen LogP contribution in [0.25, 0.3) is 11.3 Å². The van der Waals surface area contributed by atoms with Crippen LogP contribution in [0.15, 0.2) is 34.2 Å². The highest BCUT2D eigenvalue weighted by molar-refractivity contribution is 7.09. The predicted molar refractivity (Wildman–Crippen MR) is 156 cm³/mol. The van der Waals surface area contributed by atoms with Crippen LogP contribution in [0, 0.1) is 17.3 Å². The third-order valence-corrected chi connectivity index (χ3v) is 11.2. The van der Waals surface area contributed by atoms with Crippen LogP contribution < -0.4 is 4.90 Å². The van der Waals surface area contributed by atoms with Gasteiger partial charge in [0.25, 0.3) is 0 Å². The van der Waals surface area contributed by atoms with Crippen molar-refractivity contribution in [2.24, 2.45) is 17.3 Å². The number of anilines is 1. The van der Waals surface area contributed by atoms with Gasteiger partial charge in [-0.3, -0.25) is 4.79 Å². The SMILES string of the molecule is COCc1nc(-c2cccc(N(CC34CCC(c5nc(C6CC6)no5)(CC3)CC4)C(=O)CC3CC(C(F)F)C3)c2)cs1. The molecule has 0 atom stereocenters. The van der Waals surface area contributed by atoms with E-state index in [1.54, 1.807) is 18.4 Å².